The van der Waals surface area contributed by atoms with Gasteiger partial charge in [0.25, 0.3) is 0 Å². The highest BCUT2D eigenvalue weighted by molar-refractivity contribution is 5.40. The minimum Gasteiger partial charge on any atom is -0.405 e. The first-order valence-corrected chi connectivity index (χ1v) is 4.46. The first-order chi connectivity index (χ1) is 8.13. The lowest BCUT2D eigenvalue weighted by molar-refractivity contribution is -0.276. The summed E-state index contributed by atoms with van der Waals surface area (Å²) < 4.78 is 76.5. The fraction of sp³-hybridized carbons (Fsp3) is 0.300. The minimum atomic E-state index is -5.23. The second kappa shape index (κ2) is 4.76. The van der Waals surface area contributed by atoms with Crippen LogP contribution in [0.2, 0.25) is 0 Å². The third kappa shape index (κ3) is 3.84. The smallest absolute Gasteiger partial charge is 0.405 e. The van der Waals surface area contributed by atoms with Gasteiger partial charge in [-0.3, -0.25) is 0 Å². The highest BCUT2D eigenvalue weighted by Crippen LogP contribution is 2.38. The van der Waals surface area contributed by atoms with Crippen LogP contribution in [0.25, 0.3) is 0 Å². The van der Waals surface area contributed by atoms with Gasteiger partial charge in [-0.25, -0.2) is 0 Å². The molecule has 0 aliphatic rings. The second-order valence-electron chi connectivity index (χ2n) is 3.21. The summed E-state index contributed by atoms with van der Waals surface area (Å²) >= 11 is 0. The van der Waals surface area contributed by atoms with E-state index in [1.807, 2.05) is 0 Å². The first-order valence-electron chi connectivity index (χ1n) is 4.46. The van der Waals surface area contributed by atoms with E-state index in [0.29, 0.717) is 12.1 Å². The third-order valence-corrected chi connectivity index (χ3v) is 1.86. The Morgan fingerprint density at radius 3 is 2.17 bits per heavy atom. The molecule has 1 aromatic carbocycles. The molecular weight excluding hydrogens is 264 g/mol. The number of hydrogen-bond donors (Lipinski definition) is 0. The van der Waals surface area contributed by atoms with Crippen LogP contribution in [-0.2, 0) is 12.6 Å². The average molecular weight is 269 g/mol. The summed E-state index contributed by atoms with van der Waals surface area (Å²) in [7, 11) is 0. The molecule has 98 valence electrons. The lowest BCUT2D eigenvalue weighted by atomic mass is 10.1. The summed E-state index contributed by atoms with van der Waals surface area (Å²) in [5.74, 6) is -1.36. The van der Waals surface area contributed by atoms with Crippen molar-refractivity contribution in [3.8, 4) is 11.8 Å². The predicted octanol–water partition coefficient (Wildman–Crippen LogP) is 3.67. The molecule has 0 bridgehead atoms. The van der Waals surface area contributed by atoms with Crippen molar-refractivity contribution in [2.75, 3.05) is 0 Å². The van der Waals surface area contributed by atoms with Crippen molar-refractivity contribution in [2.45, 2.75) is 19.0 Å². The lowest BCUT2D eigenvalue weighted by Crippen LogP contribution is -2.20. The molecule has 0 radical (unpaired) electrons. The molecule has 1 rings (SSSR count). The van der Waals surface area contributed by atoms with Crippen LogP contribution < -0.4 is 4.74 Å². The molecule has 8 heteroatoms. The summed E-state index contributed by atoms with van der Waals surface area (Å²) in [6, 6.07) is 3.55. The minimum absolute atomic E-state index is 0.00440. The topological polar surface area (TPSA) is 33.0 Å². The number of hydrogen-bond acceptors (Lipinski definition) is 2. The quantitative estimate of drug-likeness (QED) is 0.767. The van der Waals surface area contributed by atoms with Gasteiger partial charge in [0.15, 0.2) is 0 Å². The molecule has 0 amide bonds. The van der Waals surface area contributed by atoms with Crippen molar-refractivity contribution in [3.63, 3.8) is 0 Å². The maximum Gasteiger partial charge on any atom is 0.573 e. The molecule has 0 aliphatic heterocycles. The lowest BCUT2D eigenvalue weighted by Gasteiger charge is -2.15. The van der Waals surface area contributed by atoms with Gasteiger partial charge in [0.05, 0.1) is 18.1 Å². The van der Waals surface area contributed by atoms with Gasteiger partial charge in [0.1, 0.15) is 5.75 Å². The van der Waals surface area contributed by atoms with Gasteiger partial charge in [-0.1, -0.05) is 6.07 Å². The average Bonchev–Trinajstić information content (AvgIpc) is 2.13. The SMILES string of the molecule is N#CCc1ccc(C(F)(F)F)c(OC(F)(F)F)c1. The summed E-state index contributed by atoms with van der Waals surface area (Å²) in [5.41, 5.74) is -1.54. The predicted molar refractivity (Wildman–Crippen MR) is 47.4 cm³/mol. The Hall–Kier alpha value is -1.91. The molecule has 0 atom stereocenters. The third-order valence-electron chi connectivity index (χ3n) is 1.86. The van der Waals surface area contributed by atoms with Gasteiger partial charge in [-0.05, 0) is 17.7 Å². The fourth-order valence-corrected chi connectivity index (χ4v) is 1.21. The molecule has 0 N–H and O–H groups in total. The van der Waals surface area contributed by atoms with Crippen molar-refractivity contribution in [2.24, 2.45) is 0 Å². The largest absolute Gasteiger partial charge is 0.573 e. The zero-order valence-electron chi connectivity index (χ0n) is 8.56. The van der Waals surface area contributed by atoms with E-state index in [0.717, 1.165) is 6.07 Å². The van der Waals surface area contributed by atoms with E-state index in [9.17, 15) is 26.3 Å². The van der Waals surface area contributed by atoms with Gasteiger partial charge in [0, 0.05) is 0 Å². The van der Waals surface area contributed by atoms with Crippen LogP contribution in [0.1, 0.15) is 11.1 Å². The summed E-state index contributed by atoms with van der Waals surface area (Å²) in [4.78, 5) is 0. The van der Waals surface area contributed by atoms with Gasteiger partial charge >= 0.3 is 12.5 Å². The molecular formula is C10H5F6NO. The number of halogens is 6. The highest BCUT2D eigenvalue weighted by atomic mass is 19.4. The van der Waals surface area contributed by atoms with E-state index in [1.165, 1.54) is 0 Å². The Labute approximate surface area is 97.4 Å². The van der Waals surface area contributed by atoms with Gasteiger partial charge in [-0.15, -0.1) is 13.2 Å². The van der Waals surface area contributed by atoms with Crippen LogP contribution in [0.5, 0.6) is 5.75 Å². The molecule has 1 aromatic rings. The number of benzene rings is 1. The Morgan fingerprint density at radius 2 is 1.72 bits per heavy atom. The Balaban J connectivity index is 3.23. The Bertz CT molecular complexity index is 471. The molecule has 0 aromatic heterocycles. The molecule has 0 saturated heterocycles. The van der Waals surface area contributed by atoms with E-state index < -0.39 is 23.9 Å². The van der Waals surface area contributed by atoms with Gasteiger partial charge < -0.3 is 4.74 Å². The molecule has 0 heterocycles. The second-order valence-corrected chi connectivity index (χ2v) is 3.21. The molecule has 0 unspecified atom stereocenters. The zero-order valence-corrected chi connectivity index (χ0v) is 8.56. The summed E-state index contributed by atoms with van der Waals surface area (Å²) in [6.07, 6.45) is -10.5. The number of alkyl halides is 6. The molecule has 2 nitrogen and oxygen atoms in total. The maximum absolute atomic E-state index is 12.4. The Kier molecular flexibility index (Phi) is 3.74. The number of nitrogens with zero attached hydrogens (tertiary/aromatic N) is 1. The number of nitriles is 1. The van der Waals surface area contributed by atoms with Crippen molar-refractivity contribution in [1.82, 2.24) is 0 Å². The van der Waals surface area contributed by atoms with Crippen LogP contribution >= 0.6 is 0 Å². The van der Waals surface area contributed by atoms with Gasteiger partial charge in [-0.2, -0.15) is 18.4 Å². The summed E-state index contributed by atoms with van der Waals surface area (Å²) in [6.45, 7) is 0. The van der Waals surface area contributed by atoms with Crippen LogP contribution in [0.4, 0.5) is 26.3 Å². The fourth-order valence-electron chi connectivity index (χ4n) is 1.21. The van der Waals surface area contributed by atoms with Crippen molar-refractivity contribution >= 4 is 0 Å². The van der Waals surface area contributed by atoms with E-state index in [-0.39, 0.29) is 12.0 Å². The van der Waals surface area contributed by atoms with Crippen LogP contribution in [-0.4, -0.2) is 6.36 Å². The number of ether oxygens (including phenoxy) is 1. The van der Waals surface area contributed by atoms with E-state index in [4.69, 9.17) is 5.26 Å². The molecule has 0 fully saturated rings. The zero-order chi connectivity index (χ0) is 14.0. The number of rotatable bonds is 2. The van der Waals surface area contributed by atoms with Crippen molar-refractivity contribution < 1.29 is 31.1 Å². The van der Waals surface area contributed by atoms with Crippen molar-refractivity contribution in [3.05, 3.63) is 29.3 Å². The summed E-state index contributed by atoms with van der Waals surface area (Å²) in [5, 5.41) is 8.34. The Morgan fingerprint density at radius 1 is 1.11 bits per heavy atom. The molecule has 0 saturated carbocycles. The van der Waals surface area contributed by atoms with E-state index in [2.05, 4.69) is 4.74 Å². The normalized spacial score (nSPS) is 12.1. The van der Waals surface area contributed by atoms with E-state index in [1.54, 1.807) is 6.07 Å². The molecule has 0 spiro atoms. The first kappa shape index (κ1) is 14.2. The van der Waals surface area contributed by atoms with Crippen LogP contribution in [0.3, 0.4) is 0 Å². The highest BCUT2D eigenvalue weighted by Gasteiger charge is 2.39. The maximum atomic E-state index is 12.4. The monoisotopic (exact) mass is 269 g/mol. The van der Waals surface area contributed by atoms with Gasteiger partial charge in [0.2, 0.25) is 0 Å². The molecule has 0 aliphatic carbocycles. The van der Waals surface area contributed by atoms with Crippen molar-refractivity contribution in [1.29, 1.82) is 5.26 Å². The van der Waals surface area contributed by atoms with Crippen LogP contribution in [0, 0.1) is 11.3 Å². The standard InChI is InChI=1S/C10H5F6NO/c11-9(12,13)7-2-1-6(3-4-17)5-8(7)18-10(14,15)16/h1-2,5H,3H2. The van der Waals surface area contributed by atoms with Crippen LogP contribution in [0.15, 0.2) is 18.2 Å². The van der Waals surface area contributed by atoms with E-state index >= 15 is 0 Å². The molecule has 18 heavy (non-hydrogen) atoms.